The van der Waals surface area contributed by atoms with Crippen LogP contribution in [0.4, 0.5) is 4.39 Å². The first kappa shape index (κ1) is 28.5. The molecule has 40 heavy (non-hydrogen) atoms. The molecule has 0 unspecified atom stereocenters. The van der Waals surface area contributed by atoms with Crippen molar-refractivity contribution in [2.45, 2.75) is 49.5 Å². The molecule has 0 radical (unpaired) electrons. The third kappa shape index (κ3) is 5.59. The number of halogens is 3. The smallest absolute Gasteiger partial charge is 0.205 e. The highest BCUT2D eigenvalue weighted by Gasteiger charge is 2.52. The van der Waals surface area contributed by atoms with Gasteiger partial charge in [-0.25, -0.2) is 17.8 Å². The summed E-state index contributed by atoms with van der Waals surface area (Å²) >= 11 is 13.4. The number of carbonyl (C=O) groups is 1. The summed E-state index contributed by atoms with van der Waals surface area (Å²) < 4.78 is 44.2. The number of hydrogen-bond donors (Lipinski definition) is 1. The molecule has 3 aromatic carbocycles. The highest BCUT2D eigenvalue weighted by Crippen LogP contribution is 2.57. The number of aliphatic hydroxyl groups excluding tert-OH is 1. The molecular formula is C30H26Cl2FNO5S. The maximum absolute atomic E-state index is 14.2. The number of nitrogens with zero attached hydrogens (tertiary/aromatic N) is 1. The van der Waals surface area contributed by atoms with E-state index in [4.69, 9.17) is 27.6 Å². The fourth-order valence-electron chi connectivity index (χ4n) is 4.84. The molecule has 0 aliphatic heterocycles. The Morgan fingerprint density at radius 2 is 1.68 bits per heavy atom. The molecule has 0 amide bonds. The molecule has 5 rings (SSSR count). The Labute approximate surface area is 241 Å². The second-order valence-corrected chi connectivity index (χ2v) is 13.0. The molecule has 1 heterocycles. The Kier molecular flexibility index (Phi) is 7.90. The van der Waals surface area contributed by atoms with Gasteiger partial charge in [0.1, 0.15) is 11.6 Å². The zero-order chi connectivity index (χ0) is 28.7. The molecule has 0 saturated heterocycles. The molecule has 0 spiro atoms. The summed E-state index contributed by atoms with van der Waals surface area (Å²) in [5.41, 5.74) is 2.14. The van der Waals surface area contributed by atoms with Crippen LogP contribution >= 0.6 is 23.2 Å². The first-order chi connectivity index (χ1) is 19.1. The molecule has 10 heteroatoms. The van der Waals surface area contributed by atoms with E-state index in [1.54, 1.807) is 37.3 Å². The van der Waals surface area contributed by atoms with Gasteiger partial charge in [0.15, 0.2) is 15.6 Å². The molecule has 1 saturated carbocycles. The van der Waals surface area contributed by atoms with Crippen LogP contribution in [0.1, 0.15) is 47.9 Å². The average Bonchev–Trinajstić information content (AvgIpc) is 3.54. The third-order valence-corrected chi connectivity index (χ3v) is 9.57. The van der Waals surface area contributed by atoms with Crippen LogP contribution in [0.5, 0.6) is 0 Å². The highest BCUT2D eigenvalue weighted by molar-refractivity contribution is 7.91. The van der Waals surface area contributed by atoms with E-state index in [1.807, 2.05) is 0 Å². The lowest BCUT2D eigenvalue weighted by Crippen LogP contribution is -2.12. The van der Waals surface area contributed by atoms with Crippen LogP contribution < -0.4 is 0 Å². The second-order valence-electron chi connectivity index (χ2n) is 9.95. The third-order valence-electron chi connectivity index (χ3n) is 7.22. The van der Waals surface area contributed by atoms with E-state index in [0.29, 0.717) is 51.2 Å². The van der Waals surface area contributed by atoms with E-state index in [-0.39, 0.29) is 34.8 Å². The van der Waals surface area contributed by atoms with Crippen molar-refractivity contribution in [1.29, 1.82) is 0 Å². The number of carbonyl (C=O) groups excluding carboxylic acids is 1. The predicted molar refractivity (Wildman–Crippen MR) is 151 cm³/mol. The van der Waals surface area contributed by atoms with Crippen LogP contribution in [-0.4, -0.2) is 30.0 Å². The zero-order valence-corrected chi connectivity index (χ0v) is 23.9. The van der Waals surface area contributed by atoms with E-state index >= 15 is 0 Å². The molecular weight excluding hydrogens is 576 g/mol. The number of Topliss-reactive ketones (excluding diaryl/α,β-unsaturated/α-hetero) is 1. The number of ketones is 1. The number of aromatic nitrogens is 1. The van der Waals surface area contributed by atoms with Crippen LogP contribution in [0.3, 0.4) is 0 Å². The molecule has 1 aliphatic rings. The average molecular weight is 603 g/mol. The Balaban J connectivity index is 1.32. The van der Waals surface area contributed by atoms with Gasteiger partial charge in [0.2, 0.25) is 5.89 Å². The fraction of sp³-hybridized carbons (Fsp3) is 0.267. The summed E-state index contributed by atoms with van der Waals surface area (Å²) in [7, 11) is -3.30. The molecule has 6 nitrogen and oxygen atoms in total. The van der Waals surface area contributed by atoms with Crippen LogP contribution in [-0.2, 0) is 39.5 Å². The molecule has 4 aromatic rings. The summed E-state index contributed by atoms with van der Waals surface area (Å²) in [6.45, 7) is 1.19. The summed E-state index contributed by atoms with van der Waals surface area (Å²) in [4.78, 5) is 17.5. The van der Waals surface area contributed by atoms with Gasteiger partial charge in [-0.15, -0.1) is 0 Å². The van der Waals surface area contributed by atoms with Crippen molar-refractivity contribution in [3.63, 3.8) is 0 Å². The number of aliphatic hydroxyl groups is 1. The van der Waals surface area contributed by atoms with Gasteiger partial charge in [-0.3, -0.25) is 4.79 Å². The topological polar surface area (TPSA) is 97.5 Å². The van der Waals surface area contributed by atoms with Gasteiger partial charge in [-0.05, 0) is 54.3 Å². The molecule has 0 atom stereocenters. The van der Waals surface area contributed by atoms with Gasteiger partial charge in [0.25, 0.3) is 0 Å². The van der Waals surface area contributed by atoms with Crippen LogP contribution in [0.2, 0.25) is 10.0 Å². The first-order valence-electron chi connectivity index (χ1n) is 12.7. The van der Waals surface area contributed by atoms with Crippen molar-refractivity contribution in [2.75, 3.05) is 5.75 Å². The quantitative estimate of drug-likeness (QED) is 0.222. The highest BCUT2D eigenvalue weighted by atomic mass is 35.5. The van der Waals surface area contributed by atoms with Gasteiger partial charge in [0, 0.05) is 39.6 Å². The van der Waals surface area contributed by atoms with Crippen molar-refractivity contribution in [3.8, 4) is 11.3 Å². The van der Waals surface area contributed by atoms with E-state index in [2.05, 4.69) is 4.98 Å². The largest absolute Gasteiger partial charge is 0.440 e. The predicted octanol–water partition coefficient (Wildman–Crippen LogP) is 6.51. The van der Waals surface area contributed by atoms with Crippen molar-refractivity contribution >= 4 is 38.8 Å². The lowest BCUT2D eigenvalue weighted by molar-refractivity contribution is -0.117. The van der Waals surface area contributed by atoms with Crippen molar-refractivity contribution in [1.82, 2.24) is 4.98 Å². The minimum atomic E-state index is -3.30. The molecule has 1 fully saturated rings. The second kappa shape index (κ2) is 11.1. The Hall–Kier alpha value is -3.04. The van der Waals surface area contributed by atoms with Crippen LogP contribution in [0, 0.1) is 5.82 Å². The number of oxazole rings is 1. The first-order valence-corrected chi connectivity index (χ1v) is 15.1. The zero-order valence-electron chi connectivity index (χ0n) is 21.6. The van der Waals surface area contributed by atoms with Gasteiger partial charge < -0.3 is 9.52 Å². The summed E-state index contributed by atoms with van der Waals surface area (Å²) in [5.74, 6) is 0.232. The Bertz CT molecular complexity index is 1670. The minimum Gasteiger partial charge on any atom is -0.440 e. The number of sulfone groups is 1. The monoisotopic (exact) mass is 601 g/mol. The van der Waals surface area contributed by atoms with E-state index < -0.39 is 27.7 Å². The van der Waals surface area contributed by atoms with Crippen molar-refractivity contribution in [3.05, 3.63) is 105 Å². The number of benzene rings is 3. The molecule has 1 aromatic heterocycles. The van der Waals surface area contributed by atoms with Crippen molar-refractivity contribution < 1.29 is 27.1 Å². The van der Waals surface area contributed by atoms with Crippen LogP contribution in [0.15, 0.2) is 70.1 Å². The van der Waals surface area contributed by atoms with E-state index in [1.165, 1.54) is 30.5 Å². The number of rotatable bonds is 10. The molecule has 1 N–H and O–H groups in total. The Morgan fingerprint density at radius 1 is 1.02 bits per heavy atom. The SMILES string of the molecule is CCS(=O)(=O)c1ccc(CC(=O)Cc2cc(Cl)c(C3(c4ncc(-c5ccc(CO)c(F)c5)o4)CC3)c(Cl)c2)cc1. The summed E-state index contributed by atoms with van der Waals surface area (Å²) in [6, 6.07) is 14.3. The van der Waals surface area contributed by atoms with Gasteiger partial charge >= 0.3 is 0 Å². The lowest BCUT2D eigenvalue weighted by atomic mass is 9.93. The van der Waals surface area contributed by atoms with Gasteiger partial charge in [-0.2, -0.15) is 0 Å². The summed E-state index contributed by atoms with van der Waals surface area (Å²) in [6.07, 6.45) is 3.22. The maximum Gasteiger partial charge on any atom is 0.205 e. The van der Waals surface area contributed by atoms with Crippen molar-refractivity contribution in [2.24, 2.45) is 0 Å². The number of hydrogen-bond acceptors (Lipinski definition) is 6. The van der Waals surface area contributed by atoms with Gasteiger partial charge in [0.05, 0.1) is 28.9 Å². The van der Waals surface area contributed by atoms with E-state index in [9.17, 15) is 22.7 Å². The molecule has 208 valence electrons. The lowest BCUT2D eigenvalue weighted by Gasteiger charge is -2.17. The Morgan fingerprint density at radius 3 is 2.25 bits per heavy atom. The standard InChI is InChI=1S/C30H26Cl2FNO5S/c1-2-40(37,38)23-7-3-18(4-8-23)11-22(36)12-19-13-24(31)28(25(32)14-19)30(9-10-30)29-34-16-27(39-29)20-5-6-21(17-35)26(33)15-20/h3-8,13-16,35H,2,9-12,17H2,1H3. The minimum absolute atomic E-state index is 0.0143. The normalized spacial score (nSPS) is 14.3. The molecule has 1 aliphatic carbocycles. The summed E-state index contributed by atoms with van der Waals surface area (Å²) in [5, 5.41) is 10.0. The fourth-order valence-corrected chi connectivity index (χ4v) is 6.62. The maximum atomic E-state index is 14.2. The van der Waals surface area contributed by atoms with Gasteiger partial charge in [-0.1, -0.05) is 54.4 Å². The van der Waals surface area contributed by atoms with Crippen LogP contribution in [0.25, 0.3) is 11.3 Å². The van der Waals surface area contributed by atoms with E-state index in [0.717, 1.165) is 5.56 Å². The molecule has 0 bridgehead atoms.